The van der Waals surface area contributed by atoms with Gasteiger partial charge in [0.15, 0.2) is 5.17 Å². The maximum absolute atomic E-state index is 12.3. The highest BCUT2D eigenvalue weighted by Gasteiger charge is 2.39. The van der Waals surface area contributed by atoms with Crippen molar-refractivity contribution in [1.82, 2.24) is 4.90 Å². The molecule has 0 saturated carbocycles. The summed E-state index contributed by atoms with van der Waals surface area (Å²) in [6.07, 6.45) is 0.909. The van der Waals surface area contributed by atoms with Crippen molar-refractivity contribution in [2.45, 2.75) is 25.0 Å². The number of hydrogen-bond acceptors (Lipinski definition) is 7. The average molecular weight is 367 g/mol. The molecule has 1 saturated heterocycles. The van der Waals surface area contributed by atoms with Gasteiger partial charge in [0, 0.05) is 19.5 Å². The summed E-state index contributed by atoms with van der Waals surface area (Å²) in [6.45, 7) is 3.39. The van der Waals surface area contributed by atoms with Gasteiger partial charge in [-0.15, -0.1) is 11.3 Å². The molecule has 1 N–H and O–H groups in total. The molecule has 3 rings (SSSR count). The molecule has 2 amide bonds. The fraction of sp³-hybridized carbons (Fsp3) is 0.467. The Kier molecular flexibility index (Phi) is 5.20. The van der Waals surface area contributed by atoms with Gasteiger partial charge in [0.05, 0.1) is 12.2 Å². The molecule has 1 atom stereocenters. The van der Waals surface area contributed by atoms with Crippen molar-refractivity contribution in [3.63, 3.8) is 0 Å². The number of esters is 1. The van der Waals surface area contributed by atoms with E-state index in [9.17, 15) is 14.4 Å². The number of anilines is 1. The minimum atomic E-state index is -0.466. The zero-order chi connectivity index (χ0) is 17.1. The molecule has 128 valence electrons. The second-order valence-corrected chi connectivity index (χ2v) is 7.34. The first kappa shape index (κ1) is 17.0. The quantitative estimate of drug-likeness (QED) is 0.804. The highest BCUT2D eigenvalue weighted by molar-refractivity contribution is 8.15. The molecule has 2 aliphatic rings. The summed E-state index contributed by atoms with van der Waals surface area (Å²) in [4.78, 5) is 42.4. The molecule has 9 heteroatoms. The highest BCUT2D eigenvalue weighted by atomic mass is 32.2. The van der Waals surface area contributed by atoms with E-state index in [1.54, 1.807) is 23.3 Å². The highest BCUT2D eigenvalue weighted by Crippen LogP contribution is 2.32. The van der Waals surface area contributed by atoms with Crippen LogP contribution in [0.1, 0.15) is 30.1 Å². The van der Waals surface area contributed by atoms with E-state index in [0.717, 1.165) is 13.0 Å². The van der Waals surface area contributed by atoms with Gasteiger partial charge in [0.25, 0.3) is 0 Å². The van der Waals surface area contributed by atoms with Crippen molar-refractivity contribution in [1.29, 1.82) is 0 Å². The molecular formula is C15H17N3O4S2. The predicted octanol–water partition coefficient (Wildman–Crippen LogP) is 1.96. The summed E-state index contributed by atoms with van der Waals surface area (Å²) in [6, 6.07) is 1.61. The molecule has 2 aliphatic heterocycles. The number of nitrogens with zero attached hydrogens (tertiary/aromatic N) is 2. The van der Waals surface area contributed by atoms with Crippen LogP contribution >= 0.6 is 23.1 Å². The Morgan fingerprint density at radius 1 is 1.50 bits per heavy atom. The number of ether oxygens (including phenoxy) is 1. The SMILES string of the molecule is CCOC(=O)c1ccsc1NC(=O)CC1SC2=NCCCN2C1=O. The van der Waals surface area contributed by atoms with Crippen LogP contribution in [0, 0.1) is 0 Å². The lowest BCUT2D eigenvalue weighted by molar-refractivity contribution is -0.128. The molecule has 1 fully saturated rings. The molecule has 1 unspecified atom stereocenters. The Morgan fingerprint density at radius 3 is 3.08 bits per heavy atom. The lowest BCUT2D eigenvalue weighted by Gasteiger charge is -2.19. The van der Waals surface area contributed by atoms with E-state index in [4.69, 9.17) is 4.74 Å². The number of hydrogen-bond donors (Lipinski definition) is 1. The van der Waals surface area contributed by atoms with E-state index in [0.29, 0.717) is 22.3 Å². The first-order valence-electron chi connectivity index (χ1n) is 7.67. The summed E-state index contributed by atoms with van der Waals surface area (Å²) in [5, 5.41) is 5.14. The van der Waals surface area contributed by atoms with E-state index in [1.165, 1.54) is 23.1 Å². The van der Waals surface area contributed by atoms with Crippen molar-refractivity contribution in [3.05, 3.63) is 17.0 Å². The molecule has 0 bridgehead atoms. The number of nitrogens with one attached hydrogen (secondary N) is 1. The van der Waals surface area contributed by atoms with Crippen LogP contribution in [-0.2, 0) is 14.3 Å². The smallest absolute Gasteiger partial charge is 0.341 e. The van der Waals surface area contributed by atoms with Crippen LogP contribution in [0.5, 0.6) is 0 Å². The Morgan fingerprint density at radius 2 is 2.33 bits per heavy atom. The van der Waals surface area contributed by atoms with Crippen molar-refractivity contribution >= 4 is 51.1 Å². The third-order valence-corrected chi connectivity index (χ3v) is 5.63. The summed E-state index contributed by atoms with van der Waals surface area (Å²) in [5.41, 5.74) is 0.336. The lowest BCUT2D eigenvalue weighted by Crippen LogP contribution is -2.36. The maximum atomic E-state index is 12.3. The Hall–Kier alpha value is -1.87. The van der Waals surface area contributed by atoms with E-state index in [1.807, 2.05) is 0 Å². The minimum absolute atomic E-state index is 0.0547. The number of carbonyl (C=O) groups is 3. The lowest BCUT2D eigenvalue weighted by atomic mass is 10.2. The Balaban J connectivity index is 1.62. The van der Waals surface area contributed by atoms with Crippen LogP contribution in [0.3, 0.4) is 0 Å². The predicted molar refractivity (Wildman–Crippen MR) is 93.5 cm³/mol. The van der Waals surface area contributed by atoms with E-state index < -0.39 is 11.2 Å². The molecule has 1 aromatic rings. The van der Waals surface area contributed by atoms with Gasteiger partial charge in [0.2, 0.25) is 11.8 Å². The fourth-order valence-corrected chi connectivity index (χ4v) is 4.47. The summed E-state index contributed by atoms with van der Waals surface area (Å²) >= 11 is 2.59. The van der Waals surface area contributed by atoms with Crippen molar-refractivity contribution < 1.29 is 19.1 Å². The summed E-state index contributed by atoms with van der Waals surface area (Å²) in [7, 11) is 0. The first-order chi connectivity index (χ1) is 11.6. The van der Waals surface area contributed by atoms with Gasteiger partial charge in [-0.1, -0.05) is 11.8 Å². The third kappa shape index (κ3) is 3.46. The van der Waals surface area contributed by atoms with Crippen LogP contribution in [0.4, 0.5) is 5.00 Å². The van der Waals surface area contributed by atoms with E-state index in [-0.39, 0.29) is 24.8 Å². The van der Waals surface area contributed by atoms with Gasteiger partial charge in [-0.3, -0.25) is 19.5 Å². The van der Waals surface area contributed by atoms with E-state index in [2.05, 4.69) is 10.3 Å². The molecule has 24 heavy (non-hydrogen) atoms. The Bertz CT molecular complexity index is 701. The van der Waals surface area contributed by atoms with Crippen LogP contribution in [0.15, 0.2) is 16.4 Å². The Labute approximate surface area is 147 Å². The number of carbonyl (C=O) groups excluding carboxylic acids is 3. The zero-order valence-corrected chi connectivity index (χ0v) is 14.7. The molecule has 3 heterocycles. The topological polar surface area (TPSA) is 88.1 Å². The normalized spacial score (nSPS) is 19.7. The first-order valence-corrected chi connectivity index (χ1v) is 9.43. The van der Waals surface area contributed by atoms with Crippen LogP contribution in [-0.4, -0.2) is 52.8 Å². The van der Waals surface area contributed by atoms with Gasteiger partial charge in [-0.25, -0.2) is 4.79 Å². The largest absolute Gasteiger partial charge is 0.462 e. The van der Waals surface area contributed by atoms with Crippen molar-refractivity contribution in [3.8, 4) is 0 Å². The third-order valence-electron chi connectivity index (χ3n) is 3.59. The molecular weight excluding hydrogens is 350 g/mol. The molecule has 1 aromatic heterocycles. The standard InChI is InChI=1S/C15H17N3O4S2/c1-2-22-14(21)9-4-7-23-12(9)17-11(19)8-10-13(20)18-6-3-5-16-15(18)24-10/h4,7,10H,2-3,5-6,8H2,1H3,(H,17,19). The van der Waals surface area contributed by atoms with Gasteiger partial charge in [-0.05, 0) is 24.8 Å². The van der Waals surface area contributed by atoms with Gasteiger partial charge in [0.1, 0.15) is 10.3 Å². The minimum Gasteiger partial charge on any atom is -0.462 e. The van der Waals surface area contributed by atoms with E-state index >= 15 is 0 Å². The zero-order valence-electron chi connectivity index (χ0n) is 13.1. The molecule has 0 radical (unpaired) electrons. The van der Waals surface area contributed by atoms with Crippen LogP contribution in [0.2, 0.25) is 0 Å². The molecule has 0 aliphatic carbocycles. The molecule has 7 nitrogen and oxygen atoms in total. The maximum Gasteiger partial charge on any atom is 0.341 e. The number of amidine groups is 1. The fourth-order valence-electron chi connectivity index (χ4n) is 2.49. The second-order valence-electron chi connectivity index (χ2n) is 5.25. The molecule has 0 aromatic carbocycles. The van der Waals surface area contributed by atoms with Crippen LogP contribution in [0.25, 0.3) is 0 Å². The summed E-state index contributed by atoms with van der Waals surface area (Å²) < 4.78 is 4.96. The number of rotatable bonds is 5. The molecule has 0 spiro atoms. The monoisotopic (exact) mass is 367 g/mol. The number of thiophene rings is 1. The number of aliphatic imine (C=N–C) groups is 1. The van der Waals surface area contributed by atoms with Crippen molar-refractivity contribution in [2.24, 2.45) is 4.99 Å². The van der Waals surface area contributed by atoms with Gasteiger partial charge in [-0.2, -0.15) is 0 Å². The number of fused-ring (bicyclic) bond motifs is 1. The second kappa shape index (κ2) is 7.35. The van der Waals surface area contributed by atoms with Gasteiger partial charge >= 0.3 is 5.97 Å². The number of thioether (sulfide) groups is 1. The van der Waals surface area contributed by atoms with Crippen LogP contribution < -0.4 is 5.32 Å². The number of amides is 2. The average Bonchev–Trinajstić information content (AvgIpc) is 3.13. The van der Waals surface area contributed by atoms with Gasteiger partial charge < -0.3 is 10.1 Å². The summed E-state index contributed by atoms with van der Waals surface area (Å²) in [5.74, 6) is -0.827. The van der Waals surface area contributed by atoms with Crippen molar-refractivity contribution in [2.75, 3.05) is 25.0 Å².